The lowest BCUT2D eigenvalue weighted by atomic mass is 10.0. The second kappa shape index (κ2) is 7.06. The second-order valence-electron chi connectivity index (χ2n) is 6.05. The first-order chi connectivity index (χ1) is 12.7. The van der Waals surface area contributed by atoms with Gasteiger partial charge in [-0.3, -0.25) is 4.79 Å². The average molecular weight is 362 g/mol. The van der Waals surface area contributed by atoms with Crippen LogP contribution < -0.4 is 10.1 Å². The molecule has 3 aromatic carbocycles. The van der Waals surface area contributed by atoms with Crippen LogP contribution in [0.15, 0.2) is 72.8 Å². The van der Waals surface area contributed by atoms with E-state index in [0.29, 0.717) is 17.2 Å². The van der Waals surface area contributed by atoms with E-state index in [1.165, 1.54) is 0 Å². The summed E-state index contributed by atoms with van der Waals surface area (Å²) in [7, 11) is 0. The molecule has 1 aliphatic rings. The van der Waals surface area contributed by atoms with Crippen molar-refractivity contribution in [3.8, 4) is 5.75 Å². The van der Waals surface area contributed by atoms with Crippen molar-refractivity contribution in [2.45, 2.75) is 6.61 Å². The maximum Gasteiger partial charge on any atom is 0.256 e. The number of carbonyl (C=O) groups excluding carboxylic acids is 1. The molecule has 0 bridgehead atoms. The Morgan fingerprint density at radius 3 is 2.65 bits per heavy atom. The third-order valence-electron chi connectivity index (χ3n) is 4.18. The predicted octanol–water partition coefficient (Wildman–Crippen LogP) is 5.41. The van der Waals surface area contributed by atoms with Crippen LogP contribution >= 0.6 is 11.6 Å². The number of hydrogen-bond donors (Lipinski definition) is 1. The van der Waals surface area contributed by atoms with Crippen LogP contribution in [-0.4, -0.2) is 5.91 Å². The molecule has 0 saturated heterocycles. The van der Waals surface area contributed by atoms with E-state index in [9.17, 15) is 4.79 Å². The third kappa shape index (κ3) is 3.48. The number of rotatable bonds is 4. The zero-order chi connectivity index (χ0) is 17.9. The van der Waals surface area contributed by atoms with Gasteiger partial charge >= 0.3 is 0 Å². The molecule has 1 amide bonds. The summed E-state index contributed by atoms with van der Waals surface area (Å²) in [6.45, 7) is 0.500. The van der Waals surface area contributed by atoms with Crippen LogP contribution in [0, 0.1) is 0 Å². The standard InChI is InChI=1S/C22H16ClNO2/c23-17-9-10-21-19(13-17)20(22(25)24-21)12-16-7-4-8-18(11-16)26-14-15-5-2-1-3-6-15/h1-13H,14H2,(H,24,25). The van der Waals surface area contributed by atoms with Crippen LogP contribution in [0.3, 0.4) is 0 Å². The van der Waals surface area contributed by atoms with Crippen LogP contribution in [0.2, 0.25) is 5.02 Å². The van der Waals surface area contributed by atoms with Crippen molar-refractivity contribution in [3.63, 3.8) is 0 Å². The summed E-state index contributed by atoms with van der Waals surface area (Å²) >= 11 is 6.08. The minimum atomic E-state index is -0.127. The van der Waals surface area contributed by atoms with E-state index in [2.05, 4.69) is 5.32 Å². The lowest BCUT2D eigenvalue weighted by Gasteiger charge is -2.07. The Balaban J connectivity index is 1.58. The van der Waals surface area contributed by atoms with Gasteiger partial charge in [0, 0.05) is 21.8 Å². The van der Waals surface area contributed by atoms with Gasteiger partial charge in [0.2, 0.25) is 0 Å². The lowest BCUT2D eigenvalue weighted by Crippen LogP contribution is -2.03. The zero-order valence-corrected chi connectivity index (χ0v) is 14.7. The molecule has 3 nitrogen and oxygen atoms in total. The molecular formula is C22H16ClNO2. The fraction of sp³-hybridized carbons (Fsp3) is 0.0455. The maximum atomic E-state index is 12.3. The molecule has 1 aliphatic heterocycles. The van der Waals surface area contributed by atoms with Gasteiger partial charge in [0.15, 0.2) is 0 Å². The maximum absolute atomic E-state index is 12.3. The highest BCUT2D eigenvalue weighted by molar-refractivity contribution is 6.36. The van der Waals surface area contributed by atoms with Gasteiger partial charge in [-0.2, -0.15) is 0 Å². The number of benzene rings is 3. The molecule has 4 heteroatoms. The fourth-order valence-electron chi connectivity index (χ4n) is 2.91. The number of fused-ring (bicyclic) bond motifs is 1. The van der Waals surface area contributed by atoms with E-state index < -0.39 is 0 Å². The number of ether oxygens (including phenoxy) is 1. The molecule has 0 aromatic heterocycles. The second-order valence-corrected chi connectivity index (χ2v) is 6.49. The van der Waals surface area contributed by atoms with Crippen LogP contribution in [0.5, 0.6) is 5.75 Å². The topological polar surface area (TPSA) is 38.3 Å². The molecule has 0 radical (unpaired) electrons. The van der Waals surface area contributed by atoms with Gasteiger partial charge in [-0.15, -0.1) is 0 Å². The highest BCUT2D eigenvalue weighted by atomic mass is 35.5. The summed E-state index contributed by atoms with van der Waals surface area (Å²) in [5.74, 6) is 0.630. The Labute approximate surface area is 156 Å². The molecule has 3 aromatic rings. The van der Waals surface area contributed by atoms with Gasteiger partial charge in [0.25, 0.3) is 5.91 Å². The Hall–Kier alpha value is -3.04. The van der Waals surface area contributed by atoms with Crippen LogP contribution in [-0.2, 0) is 11.4 Å². The molecule has 0 saturated carbocycles. The molecule has 26 heavy (non-hydrogen) atoms. The van der Waals surface area contributed by atoms with Crippen LogP contribution in [0.4, 0.5) is 5.69 Å². The smallest absolute Gasteiger partial charge is 0.256 e. The first-order valence-corrected chi connectivity index (χ1v) is 8.66. The average Bonchev–Trinajstić information content (AvgIpc) is 2.96. The van der Waals surface area contributed by atoms with Crippen LogP contribution in [0.1, 0.15) is 16.7 Å². The summed E-state index contributed by atoms with van der Waals surface area (Å²) < 4.78 is 5.86. The lowest BCUT2D eigenvalue weighted by molar-refractivity contribution is -0.110. The van der Waals surface area contributed by atoms with Gasteiger partial charge in [0.05, 0.1) is 0 Å². The first-order valence-electron chi connectivity index (χ1n) is 8.29. The fourth-order valence-corrected chi connectivity index (χ4v) is 3.08. The molecule has 1 heterocycles. The van der Waals surface area contributed by atoms with Crippen molar-refractivity contribution in [2.75, 3.05) is 5.32 Å². The third-order valence-corrected chi connectivity index (χ3v) is 4.42. The van der Waals surface area contributed by atoms with Gasteiger partial charge in [-0.05, 0) is 47.5 Å². The molecule has 4 rings (SSSR count). The highest BCUT2D eigenvalue weighted by Crippen LogP contribution is 2.35. The molecule has 0 aliphatic carbocycles. The molecular weight excluding hydrogens is 346 g/mol. The van der Waals surface area contributed by atoms with Gasteiger partial charge in [0.1, 0.15) is 12.4 Å². The van der Waals surface area contributed by atoms with Crippen LogP contribution in [0.25, 0.3) is 11.6 Å². The van der Waals surface area contributed by atoms with Crippen molar-refractivity contribution in [1.82, 2.24) is 0 Å². The van der Waals surface area contributed by atoms with E-state index in [-0.39, 0.29) is 5.91 Å². The normalized spacial score (nSPS) is 14.2. The Morgan fingerprint density at radius 2 is 1.81 bits per heavy atom. The van der Waals surface area contributed by atoms with Crippen molar-refractivity contribution in [1.29, 1.82) is 0 Å². The van der Waals surface area contributed by atoms with Gasteiger partial charge in [-0.1, -0.05) is 54.1 Å². The summed E-state index contributed by atoms with van der Waals surface area (Å²) in [6, 6.07) is 23.1. The quantitative estimate of drug-likeness (QED) is 0.631. The summed E-state index contributed by atoms with van der Waals surface area (Å²) in [6.07, 6.45) is 1.85. The van der Waals surface area contributed by atoms with Gasteiger partial charge < -0.3 is 10.1 Å². The van der Waals surface area contributed by atoms with E-state index in [1.807, 2.05) is 66.7 Å². The number of hydrogen-bond acceptors (Lipinski definition) is 2. The molecule has 0 atom stereocenters. The molecule has 1 N–H and O–H groups in total. The van der Waals surface area contributed by atoms with E-state index >= 15 is 0 Å². The Kier molecular flexibility index (Phi) is 4.46. The minimum Gasteiger partial charge on any atom is -0.489 e. The largest absolute Gasteiger partial charge is 0.489 e. The number of halogens is 1. The van der Waals surface area contributed by atoms with Crippen molar-refractivity contribution >= 4 is 34.8 Å². The SMILES string of the molecule is O=C1Nc2ccc(Cl)cc2C1=Cc1cccc(OCc2ccccc2)c1. The summed E-state index contributed by atoms with van der Waals surface area (Å²) in [4.78, 5) is 12.3. The number of anilines is 1. The minimum absolute atomic E-state index is 0.127. The van der Waals surface area contributed by atoms with E-state index in [0.717, 1.165) is 28.1 Å². The van der Waals surface area contributed by atoms with Crippen molar-refractivity contribution in [3.05, 3.63) is 94.5 Å². The molecule has 0 unspecified atom stereocenters. The predicted molar refractivity (Wildman–Crippen MR) is 105 cm³/mol. The Bertz CT molecular complexity index is 996. The van der Waals surface area contributed by atoms with E-state index in [4.69, 9.17) is 16.3 Å². The summed E-state index contributed by atoms with van der Waals surface area (Å²) in [5, 5.41) is 3.46. The molecule has 0 spiro atoms. The van der Waals surface area contributed by atoms with Crippen molar-refractivity contribution in [2.24, 2.45) is 0 Å². The first kappa shape index (κ1) is 16.4. The number of nitrogens with one attached hydrogen (secondary N) is 1. The number of carbonyl (C=O) groups is 1. The van der Waals surface area contributed by atoms with Crippen molar-refractivity contribution < 1.29 is 9.53 Å². The van der Waals surface area contributed by atoms with E-state index in [1.54, 1.807) is 12.1 Å². The number of amides is 1. The monoisotopic (exact) mass is 361 g/mol. The van der Waals surface area contributed by atoms with Gasteiger partial charge in [-0.25, -0.2) is 0 Å². The summed E-state index contributed by atoms with van der Waals surface area (Å²) in [5.41, 5.74) is 4.20. The zero-order valence-electron chi connectivity index (χ0n) is 13.9. The molecule has 128 valence electrons. The highest BCUT2D eigenvalue weighted by Gasteiger charge is 2.24. The Morgan fingerprint density at radius 1 is 0.962 bits per heavy atom. The molecule has 0 fully saturated rings.